The second kappa shape index (κ2) is 9.55. The Kier molecular flexibility index (Phi) is 7.67. The molecule has 0 radical (unpaired) electrons. The largest absolute Gasteiger partial charge is 0.481 e. The molecule has 0 aliphatic heterocycles. The van der Waals surface area contributed by atoms with Gasteiger partial charge in [0.15, 0.2) is 0 Å². The van der Waals surface area contributed by atoms with Gasteiger partial charge in [-0.05, 0) is 30.5 Å². The molecule has 1 aromatic rings. The molecule has 0 fully saturated rings. The number of amides is 1. The third kappa shape index (κ3) is 7.42. The van der Waals surface area contributed by atoms with Crippen LogP contribution in [0.25, 0.3) is 0 Å². The van der Waals surface area contributed by atoms with Gasteiger partial charge in [0.25, 0.3) is 0 Å². The molecule has 0 saturated heterocycles. The maximum atomic E-state index is 11.5. The first-order valence-electron chi connectivity index (χ1n) is 7.30. The predicted octanol–water partition coefficient (Wildman–Crippen LogP) is 2.24. The van der Waals surface area contributed by atoms with Gasteiger partial charge in [0.05, 0.1) is 6.21 Å². The molecule has 0 saturated carbocycles. The fourth-order valence-corrected chi connectivity index (χ4v) is 1.83. The number of unbranched alkanes of at least 4 members (excludes halogenated alkanes) is 2. The number of carbonyl (C=O) groups excluding carboxylic acids is 1. The SMILES string of the molecule is CN(C)c1ccc(/C=N/NC(=O)CCCCCC(=O)O)cc1. The van der Waals surface area contributed by atoms with E-state index in [1.165, 1.54) is 0 Å². The summed E-state index contributed by atoms with van der Waals surface area (Å²) in [6.45, 7) is 0. The van der Waals surface area contributed by atoms with Crippen molar-refractivity contribution >= 4 is 23.8 Å². The minimum atomic E-state index is -0.797. The van der Waals surface area contributed by atoms with Gasteiger partial charge >= 0.3 is 5.97 Å². The van der Waals surface area contributed by atoms with E-state index in [9.17, 15) is 9.59 Å². The highest BCUT2D eigenvalue weighted by molar-refractivity contribution is 5.82. The third-order valence-corrected chi connectivity index (χ3v) is 3.11. The van der Waals surface area contributed by atoms with Crippen molar-refractivity contribution in [3.8, 4) is 0 Å². The average molecular weight is 305 g/mol. The Morgan fingerprint density at radius 1 is 1.14 bits per heavy atom. The van der Waals surface area contributed by atoms with Crippen LogP contribution in [0.4, 0.5) is 5.69 Å². The van der Waals surface area contributed by atoms with E-state index in [1.54, 1.807) is 6.21 Å². The number of rotatable bonds is 9. The van der Waals surface area contributed by atoms with Gasteiger partial charge in [0, 0.05) is 32.6 Å². The molecule has 0 aliphatic carbocycles. The molecule has 0 aliphatic rings. The number of carboxylic acids is 1. The summed E-state index contributed by atoms with van der Waals surface area (Å²) in [5.74, 6) is -0.953. The summed E-state index contributed by atoms with van der Waals surface area (Å²) in [6, 6.07) is 7.81. The fourth-order valence-electron chi connectivity index (χ4n) is 1.83. The van der Waals surface area contributed by atoms with Crippen LogP contribution >= 0.6 is 0 Å². The molecule has 6 nitrogen and oxygen atoms in total. The van der Waals surface area contributed by atoms with E-state index < -0.39 is 5.97 Å². The van der Waals surface area contributed by atoms with Crippen LogP contribution in [-0.4, -0.2) is 37.3 Å². The average Bonchev–Trinajstić information content (AvgIpc) is 2.47. The summed E-state index contributed by atoms with van der Waals surface area (Å²) in [5, 5.41) is 12.4. The third-order valence-electron chi connectivity index (χ3n) is 3.11. The molecule has 0 heterocycles. The van der Waals surface area contributed by atoms with Crippen LogP contribution in [0.3, 0.4) is 0 Å². The topological polar surface area (TPSA) is 82.0 Å². The molecule has 1 aromatic carbocycles. The number of benzene rings is 1. The van der Waals surface area contributed by atoms with Crippen molar-refractivity contribution in [1.82, 2.24) is 5.43 Å². The van der Waals surface area contributed by atoms with Crippen molar-refractivity contribution in [1.29, 1.82) is 0 Å². The Hall–Kier alpha value is -2.37. The van der Waals surface area contributed by atoms with E-state index in [-0.39, 0.29) is 12.3 Å². The van der Waals surface area contributed by atoms with Crippen LogP contribution < -0.4 is 10.3 Å². The Balaban J connectivity index is 2.24. The number of carboxylic acid groups (broad SMARTS) is 1. The molecular formula is C16H23N3O3. The number of hydrogen-bond donors (Lipinski definition) is 2. The zero-order valence-electron chi connectivity index (χ0n) is 13.1. The number of carbonyl (C=O) groups is 2. The Morgan fingerprint density at radius 3 is 2.36 bits per heavy atom. The minimum absolute atomic E-state index is 0.155. The number of hydrogen-bond acceptors (Lipinski definition) is 4. The van der Waals surface area contributed by atoms with Crippen LogP contribution in [0.5, 0.6) is 0 Å². The molecule has 0 aromatic heterocycles. The maximum Gasteiger partial charge on any atom is 0.303 e. The number of nitrogens with zero attached hydrogens (tertiary/aromatic N) is 2. The number of hydrazone groups is 1. The molecule has 0 bridgehead atoms. The lowest BCUT2D eigenvalue weighted by Crippen LogP contribution is -2.16. The van der Waals surface area contributed by atoms with Gasteiger partial charge in [0.1, 0.15) is 0 Å². The summed E-state index contributed by atoms with van der Waals surface area (Å²) in [5.41, 5.74) is 4.48. The van der Waals surface area contributed by atoms with Crippen LogP contribution in [0, 0.1) is 0 Å². The van der Waals surface area contributed by atoms with Gasteiger partial charge in [0.2, 0.25) is 5.91 Å². The monoisotopic (exact) mass is 305 g/mol. The van der Waals surface area contributed by atoms with Crippen molar-refractivity contribution in [3.63, 3.8) is 0 Å². The highest BCUT2D eigenvalue weighted by Gasteiger charge is 2.01. The smallest absolute Gasteiger partial charge is 0.303 e. The predicted molar refractivity (Wildman–Crippen MR) is 87.2 cm³/mol. The Morgan fingerprint density at radius 2 is 1.77 bits per heavy atom. The van der Waals surface area contributed by atoms with Crippen LogP contribution in [0.1, 0.15) is 37.7 Å². The summed E-state index contributed by atoms with van der Waals surface area (Å²) in [7, 11) is 3.94. The standard InChI is InChI=1S/C16H23N3O3/c1-19(2)14-10-8-13(9-11-14)12-17-18-15(20)6-4-3-5-7-16(21)22/h8-12H,3-7H2,1-2H3,(H,18,20)(H,21,22)/b17-12+. The van der Waals surface area contributed by atoms with E-state index in [0.29, 0.717) is 19.3 Å². The Bertz CT molecular complexity index is 510. The van der Waals surface area contributed by atoms with Crippen molar-refractivity contribution in [3.05, 3.63) is 29.8 Å². The van der Waals surface area contributed by atoms with Gasteiger partial charge in [-0.2, -0.15) is 5.10 Å². The molecule has 2 N–H and O–H groups in total. The van der Waals surface area contributed by atoms with Gasteiger partial charge in [-0.1, -0.05) is 18.6 Å². The summed E-state index contributed by atoms with van der Waals surface area (Å²) < 4.78 is 0. The molecule has 0 unspecified atom stereocenters. The number of nitrogens with one attached hydrogen (secondary N) is 1. The van der Waals surface area contributed by atoms with E-state index in [4.69, 9.17) is 5.11 Å². The first-order chi connectivity index (χ1) is 10.5. The molecule has 22 heavy (non-hydrogen) atoms. The zero-order valence-corrected chi connectivity index (χ0v) is 13.1. The van der Waals surface area contributed by atoms with Crippen LogP contribution in [0.2, 0.25) is 0 Å². The Labute approximate surface area is 130 Å². The van der Waals surface area contributed by atoms with Gasteiger partial charge in [-0.3, -0.25) is 9.59 Å². The quantitative estimate of drug-likeness (QED) is 0.416. The minimum Gasteiger partial charge on any atom is -0.481 e. The van der Waals surface area contributed by atoms with Gasteiger partial charge in [-0.15, -0.1) is 0 Å². The molecular weight excluding hydrogens is 282 g/mol. The lowest BCUT2D eigenvalue weighted by atomic mass is 10.1. The van der Waals surface area contributed by atoms with Crippen LogP contribution in [-0.2, 0) is 9.59 Å². The van der Waals surface area contributed by atoms with Crippen molar-refractivity contribution in [2.24, 2.45) is 5.10 Å². The molecule has 1 rings (SSSR count). The number of aliphatic carboxylic acids is 1. The highest BCUT2D eigenvalue weighted by atomic mass is 16.4. The molecule has 0 atom stereocenters. The normalized spacial score (nSPS) is 10.6. The van der Waals surface area contributed by atoms with Gasteiger partial charge < -0.3 is 10.0 Å². The maximum absolute atomic E-state index is 11.5. The first-order valence-corrected chi connectivity index (χ1v) is 7.30. The number of anilines is 1. The first kappa shape index (κ1) is 17.7. The lowest BCUT2D eigenvalue weighted by Gasteiger charge is -2.11. The molecule has 120 valence electrons. The molecule has 6 heteroatoms. The van der Waals surface area contributed by atoms with Gasteiger partial charge in [-0.25, -0.2) is 5.43 Å². The van der Waals surface area contributed by atoms with E-state index in [1.807, 2.05) is 43.3 Å². The zero-order chi connectivity index (χ0) is 16.4. The summed E-state index contributed by atoms with van der Waals surface area (Å²) in [4.78, 5) is 23.9. The second-order valence-electron chi connectivity index (χ2n) is 5.23. The van der Waals surface area contributed by atoms with Crippen molar-refractivity contribution in [2.45, 2.75) is 32.1 Å². The fraction of sp³-hybridized carbons (Fsp3) is 0.438. The second-order valence-corrected chi connectivity index (χ2v) is 5.23. The summed E-state index contributed by atoms with van der Waals surface area (Å²) >= 11 is 0. The molecule has 0 spiro atoms. The van der Waals surface area contributed by atoms with E-state index >= 15 is 0 Å². The van der Waals surface area contributed by atoms with Crippen LogP contribution in [0.15, 0.2) is 29.4 Å². The highest BCUT2D eigenvalue weighted by Crippen LogP contribution is 2.10. The lowest BCUT2D eigenvalue weighted by molar-refractivity contribution is -0.137. The van der Waals surface area contributed by atoms with E-state index in [0.717, 1.165) is 17.7 Å². The van der Waals surface area contributed by atoms with Crippen molar-refractivity contribution < 1.29 is 14.7 Å². The summed E-state index contributed by atoms with van der Waals surface area (Å²) in [6.07, 6.45) is 4.12. The molecule has 1 amide bonds. The van der Waals surface area contributed by atoms with Crippen molar-refractivity contribution in [2.75, 3.05) is 19.0 Å². The van der Waals surface area contributed by atoms with E-state index in [2.05, 4.69) is 10.5 Å².